The van der Waals surface area contributed by atoms with Crippen molar-refractivity contribution in [1.82, 2.24) is 5.32 Å². The lowest BCUT2D eigenvalue weighted by Gasteiger charge is -2.22. The number of unbranched alkanes of at least 4 members (excludes halogenated alkanes) is 39. The van der Waals surface area contributed by atoms with Gasteiger partial charge in [-0.25, -0.2) is 0 Å². The van der Waals surface area contributed by atoms with E-state index in [1.54, 1.807) is 0 Å². The van der Waals surface area contributed by atoms with Crippen LogP contribution in [-0.4, -0.2) is 34.9 Å². The van der Waals surface area contributed by atoms with Crippen LogP contribution < -0.4 is 5.32 Å². The van der Waals surface area contributed by atoms with Crippen molar-refractivity contribution in [2.45, 2.75) is 302 Å². The highest BCUT2D eigenvalue weighted by Gasteiger charge is 2.20. The van der Waals surface area contributed by atoms with Crippen molar-refractivity contribution in [1.29, 1.82) is 0 Å². The second kappa shape index (κ2) is 45.8. The van der Waals surface area contributed by atoms with Gasteiger partial charge in [-0.15, -0.1) is 0 Å². The van der Waals surface area contributed by atoms with Crippen LogP contribution in [0.25, 0.3) is 0 Å². The van der Waals surface area contributed by atoms with Gasteiger partial charge in [0.2, 0.25) is 5.91 Å². The van der Waals surface area contributed by atoms with E-state index in [9.17, 15) is 15.0 Å². The number of hydrogen-bond acceptors (Lipinski definition) is 3. The Balaban J connectivity index is 3.32. The van der Waals surface area contributed by atoms with Crippen LogP contribution in [0.2, 0.25) is 0 Å². The van der Waals surface area contributed by atoms with E-state index in [-0.39, 0.29) is 12.5 Å². The molecule has 3 N–H and O–H groups in total. The molecule has 0 radical (unpaired) electrons. The maximum absolute atomic E-state index is 12.4. The van der Waals surface area contributed by atoms with Crippen molar-refractivity contribution in [3.05, 3.63) is 0 Å². The van der Waals surface area contributed by atoms with E-state index in [4.69, 9.17) is 0 Å². The Hall–Kier alpha value is -0.610. The van der Waals surface area contributed by atoms with E-state index in [1.807, 2.05) is 0 Å². The topological polar surface area (TPSA) is 69.6 Å². The highest BCUT2D eigenvalue weighted by Crippen LogP contribution is 2.18. The van der Waals surface area contributed by atoms with Crippen molar-refractivity contribution in [3.8, 4) is 0 Å². The molecule has 0 aliphatic rings. The molecule has 0 bridgehead atoms. The summed E-state index contributed by atoms with van der Waals surface area (Å²) in [7, 11) is 0. The Morgan fingerprint density at radius 2 is 0.604 bits per heavy atom. The second-order valence-corrected chi connectivity index (χ2v) is 17.3. The van der Waals surface area contributed by atoms with Gasteiger partial charge in [-0.2, -0.15) is 0 Å². The van der Waals surface area contributed by atoms with E-state index in [0.29, 0.717) is 12.8 Å². The van der Waals surface area contributed by atoms with E-state index < -0.39 is 12.1 Å². The first-order chi connectivity index (χ1) is 26.2. The van der Waals surface area contributed by atoms with Crippen LogP contribution >= 0.6 is 0 Å². The fraction of sp³-hybridized carbons (Fsp3) is 0.980. The fourth-order valence-corrected chi connectivity index (χ4v) is 8.07. The zero-order valence-corrected chi connectivity index (χ0v) is 36.6. The van der Waals surface area contributed by atoms with Gasteiger partial charge in [0.25, 0.3) is 0 Å². The average molecular weight is 750 g/mol. The first-order valence-electron chi connectivity index (χ1n) is 24.7. The summed E-state index contributed by atoms with van der Waals surface area (Å²) in [4.78, 5) is 12.4. The van der Waals surface area contributed by atoms with Crippen LogP contribution in [0.3, 0.4) is 0 Å². The summed E-state index contributed by atoms with van der Waals surface area (Å²) in [5.41, 5.74) is 0. The molecule has 0 aliphatic heterocycles. The zero-order chi connectivity index (χ0) is 38.6. The van der Waals surface area contributed by atoms with Gasteiger partial charge in [-0.05, 0) is 12.8 Å². The van der Waals surface area contributed by atoms with Crippen LogP contribution in [-0.2, 0) is 4.79 Å². The van der Waals surface area contributed by atoms with Crippen molar-refractivity contribution < 1.29 is 15.0 Å². The Kier molecular flexibility index (Phi) is 45.3. The minimum absolute atomic E-state index is 0.0271. The van der Waals surface area contributed by atoms with Gasteiger partial charge in [-0.3, -0.25) is 4.79 Å². The average Bonchev–Trinajstić information content (AvgIpc) is 3.16. The Labute approximate surface area is 334 Å². The summed E-state index contributed by atoms with van der Waals surface area (Å²) >= 11 is 0. The summed E-state index contributed by atoms with van der Waals surface area (Å²) < 4.78 is 0. The molecular weight excluding hydrogens is 651 g/mol. The Morgan fingerprint density at radius 3 is 0.849 bits per heavy atom. The molecule has 0 saturated carbocycles. The van der Waals surface area contributed by atoms with Crippen LogP contribution in [0.1, 0.15) is 290 Å². The molecule has 0 aromatic carbocycles. The zero-order valence-electron chi connectivity index (χ0n) is 36.6. The number of aliphatic hydroxyl groups is 2. The summed E-state index contributed by atoms with van der Waals surface area (Å²) in [5.74, 6) is -0.0271. The first kappa shape index (κ1) is 52.4. The molecule has 0 aromatic heterocycles. The SMILES string of the molecule is CCCCCCCCCCCCCCCCCCCCCCCCCCCCCCCCCCC(=O)N[C@@H](CO)[C@H](O)CCCCCCCCCCC. The van der Waals surface area contributed by atoms with Gasteiger partial charge in [0.1, 0.15) is 0 Å². The molecule has 0 spiro atoms. The van der Waals surface area contributed by atoms with Gasteiger partial charge < -0.3 is 15.5 Å². The molecule has 0 unspecified atom stereocenters. The molecule has 4 nitrogen and oxygen atoms in total. The number of rotatable bonds is 46. The third-order valence-electron chi connectivity index (χ3n) is 11.9. The highest BCUT2D eigenvalue weighted by molar-refractivity contribution is 5.76. The van der Waals surface area contributed by atoms with Gasteiger partial charge in [0.15, 0.2) is 0 Å². The lowest BCUT2D eigenvalue weighted by atomic mass is 10.0. The lowest BCUT2D eigenvalue weighted by molar-refractivity contribution is -0.123. The fourth-order valence-electron chi connectivity index (χ4n) is 8.07. The number of carbonyl (C=O) groups excluding carboxylic acids is 1. The van der Waals surface area contributed by atoms with Crippen molar-refractivity contribution >= 4 is 5.91 Å². The van der Waals surface area contributed by atoms with Crippen LogP contribution in [0.4, 0.5) is 0 Å². The molecule has 1 amide bonds. The van der Waals surface area contributed by atoms with Crippen LogP contribution in [0, 0.1) is 0 Å². The van der Waals surface area contributed by atoms with Gasteiger partial charge in [-0.1, -0.05) is 271 Å². The first-order valence-corrected chi connectivity index (χ1v) is 24.7. The van der Waals surface area contributed by atoms with Crippen LogP contribution in [0.5, 0.6) is 0 Å². The molecule has 53 heavy (non-hydrogen) atoms. The molecule has 4 heteroatoms. The minimum atomic E-state index is -0.651. The number of carbonyl (C=O) groups is 1. The Morgan fingerprint density at radius 1 is 0.377 bits per heavy atom. The molecule has 2 atom stereocenters. The molecular formula is C49H99NO3. The lowest BCUT2D eigenvalue weighted by Crippen LogP contribution is -2.45. The molecule has 0 saturated heterocycles. The van der Waals surface area contributed by atoms with Gasteiger partial charge in [0.05, 0.1) is 18.8 Å². The molecule has 0 aliphatic carbocycles. The standard InChI is InChI=1S/C49H99NO3/c1-3-5-7-9-11-13-14-15-16-17-18-19-20-21-22-23-24-25-26-27-28-29-30-31-32-33-34-35-37-39-41-43-45-49(53)50-47(46-51)48(52)44-42-40-38-36-12-10-8-6-4-2/h47-48,51-52H,3-46H2,1-2H3,(H,50,53)/t47-,48+/m0/s1. The van der Waals surface area contributed by atoms with E-state index >= 15 is 0 Å². The van der Waals surface area contributed by atoms with Crippen LogP contribution in [0.15, 0.2) is 0 Å². The molecule has 0 aromatic rings. The monoisotopic (exact) mass is 750 g/mol. The Bertz CT molecular complexity index is 685. The van der Waals surface area contributed by atoms with Gasteiger partial charge >= 0.3 is 0 Å². The quantitative estimate of drug-likeness (QED) is 0.0543. The maximum Gasteiger partial charge on any atom is 0.220 e. The summed E-state index contributed by atoms with van der Waals surface area (Å²) in [6.07, 6.45) is 56.6. The summed E-state index contributed by atoms with van der Waals surface area (Å²) in [6.45, 7) is 4.36. The predicted molar refractivity (Wildman–Crippen MR) is 235 cm³/mol. The second-order valence-electron chi connectivity index (χ2n) is 17.3. The largest absolute Gasteiger partial charge is 0.394 e. The molecule has 0 rings (SSSR count). The molecule has 0 heterocycles. The molecule has 318 valence electrons. The van der Waals surface area contributed by atoms with E-state index in [2.05, 4.69) is 19.2 Å². The minimum Gasteiger partial charge on any atom is -0.394 e. The summed E-state index contributed by atoms with van der Waals surface area (Å²) in [6, 6.07) is -0.528. The van der Waals surface area contributed by atoms with Crippen molar-refractivity contribution in [3.63, 3.8) is 0 Å². The predicted octanol–water partition coefficient (Wildman–Crippen LogP) is 15.6. The highest BCUT2D eigenvalue weighted by atomic mass is 16.3. The molecule has 0 fully saturated rings. The number of aliphatic hydroxyl groups excluding tert-OH is 2. The third kappa shape index (κ3) is 42.4. The van der Waals surface area contributed by atoms with Crippen molar-refractivity contribution in [2.24, 2.45) is 0 Å². The number of hydrogen-bond donors (Lipinski definition) is 3. The normalized spacial score (nSPS) is 12.8. The smallest absolute Gasteiger partial charge is 0.220 e. The number of nitrogens with one attached hydrogen (secondary N) is 1. The van der Waals surface area contributed by atoms with E-state index in [0.717, 1.165) is 25.7 Å². The van der Waals surface area contributed by atoms with Gasteiger partial charge in [0, 0.05) is 6.42 Å². The van der Waals surface area contributed by atoms with Crippen molar-refractivity contribution in [2.75, 3.05) is 6.61 Å². The third-order valence-corrected chi connectivity index (χ3v) is 11.9. The maximum atomic E-state index is 12.4. The summed E-state index contributed by atoms with van der Waals surface area (Å²) in [5, 5.41) is 23.1. The number of amides is 1. The van der Waals surface area contributed by atoms with E-state index in [1.165, 1.54) is 238 Å².